The van der Waals surface area contributed by atoms with Crippen molar-refractivity contribution in [3.63, 3.8) is 0 Å². The number of ether oxygens (including phenoxy) is 1. The fourth-order valence-corrected chi connectivity index (χ4v) is 1.85. The number of carbonyl (C=O) groups excluding carboxylic acids is 1. The average Bonchev–Trinajstić information content (AvgIpc) is 2.64. The topological polar surface area (TPSA) is 38.8 Å². The first-order valence-corrected chi connectivity index (χ1v) is 4.44. The summed E-state index contributed by atoms with van der Waals surface area (Å²) in [6.45, 7) is 2.21. The maximum absolute atomic E-state index is 11.2. The van der Waals surface area contributed by atoms with Gasteiger partial charge in [-0.3, -0.25) is 4.84 Å². The molecular weight excluding hydrogens is 158 g/mol. The molecule has 2 rings (SSSR count). The van der Waals surface area contributed by atoms with E-state index in [0.717, 1.165) is 19.3 Å². The van der Waals surface area contributed by atoms with Gasteiger partial charge in [-0.15, -0.1) is 0 Å². The normalized spacial score (nSPS) is 32.6. The highest BCUT2D eigenvalue weighted by atomic mass is 16.7. The SMILES string of the molecule is CCOC(=O)N1OC2CCC1C2. The van der Waals surface area contributed by atoms with Gasteiger partial charge in [0.15, 0.2) is 0 Å². The van der Waals surface area contributed by atoms with E-state index < -0.39 is 0 Å². The van der Waals surface area contributed by atoms with Crippen molar-refractivity contribution >= 4 is 6.09 Å². The van der Waals surface area contributed by atoms with Gasteiger partial charge in [-0.2, -0.15) is 5.06 Å². The minimum absolute atomic E-state index is 0.263. The molecule has 0 spiro atoms. The van der Waals surface area contributed by atoms with Gasteiger partial charge in [0.05, 0.1) is 18.8 Å². The molecule has 1 aliphatic carbocycles. The molecular formula is C8H13NO3. The Morgan fingerprint density at radius 1 is 1.67 bits per heavy atom. The fraction of sp³-hybridized carbons (Fsp3) is 0.875. The molecule has 2 fully saturated rings. The standard InChI is InChI=1S/C8H13NO3/c1-2-11-8(10)9-6-3-4-7(5-6)12-9/h6-7H,2-5H2,1H3. The van der Waals surface area contributed by atoms with Gasteiger partial charge in [-0.1, -0.05) is 0 Å². The first-order chi connectivity index (χ1) is 5.81. The molecule has 1 saturated carbocycles. The molecule has 1 amide bonds. The number of hydrogen-bond donors (Lipinski definition) is 0. The maximum Gasteiger partial charge on any atom is 0.434 e. The van der Waals surface area contributed by atoms with Crippen LogP contribution in [-0.2, 0) is 9.57 Å². The summed E-state index contributed by atoms with van der Waals surface area (Å²) < 4.78 is 4.84. The van der Waals surface area contributed by atoms with Crippen molar-refractivity contribution < 1.29 is 14.4 Å². The summed E-state index contributed by atoms with van der Waals surface area (Å²) in [6, 6.07) is 0.272. The Balaban J connectivity index is 1.93. The molecule has 12 heavy (non-hydrogen) atoms. The quantitative estimate of drug-likeness (QED) is 0.597. The number of amides is 1. The fourth-order valence-electron chi connectivity index (χ4n) is 1.85. The Morgan fingerprint density at radius 2 is 2.50 bits per heavy atom. The van der Waals surface area contributed by atoms with Crippen LogP contribution >= 0.6 is 0 Å². The predicted octanol–water partition coefficient (Wildman–Crippen LogP) is 1.31. The lowest BCUT2D eigenvalue weighted by atomic mass is 10.3. The van der Waals surface area contributed by atoms with E-state index in [2.05, 4.69) is 0 Å². The zero-order chi connectivity index (χ0) is 8.55. The van der Waals surface area contributed by atoms with Crippen LogP contribution in [0.15, 0.2) is 0 Å². The van der Waals surface area contributed by atoms with Crippen molar-refractivity contribution in [3.05, 3.63) is 0 Å². The average molecular weight is 171 g/mol. The van der Waals surface area contributed by atoms with E-state index in [-0.39, 0.29) is 18.2 Å². The number of hydrogen-bond acceptors (Lipinski definition) is 3. The molecule has 2 aliphatic rings. The summed E-state index contributed by atoms with van der Waals surface area (Å²) >= 11 is 0. The van der Waals surface area contributed by atoms with Gasteiger partial charge in [-0.05, 0) is 26.2 Å². The molecule has 1 heterocycles. The summed E-state index contributed by atoms with van der Waals surface area (Å²) in [5.74, 6) is 0. The van der Waals surface area contributed by atoms with Crippen LogP contribution in [0.2, 0.25) is 0 Å². The van der Waals surface area contributed by atoms with E-state index in [4.69, 9.17) is 9.57 Å². The number of hydroxylamine groups is 2. The molecule has 0 radical (unpaired) electrons. The number of carbonyl (C=O) groups is 1. The first kappa shape index (κ1) is 7.86. The van der Waals surface area contributed by atoms with Crippen molar-refractivity contribution in [2.75, 3.05) is 6.61 Å². The molecule has 2 unspecified atom stereocenters. The lowest BCUT2D eigenvalue weighted by Crippen LogP contribution is -2.37. The zero-order valence-corrected chi connectivity index (χ0v) is 7.16. The van der Waals surface area contributed by atoms with Gasteiger partial charge in [0, 0.05) is 0 Å². The maximum atomic E-state index is 11.2. The van der Waals surface area contributed by atoms with Crippen LogP contribution in [0.4, 0.5) is 4.79 Å². The highest BCUT2D eigenvalue weighted by Gasteiger charge is 2.42. The number of rotatable bonds is 1. The number of nitrogens with zero attached hydrogens (tertiary/aromatic N) is 1. The molecule has 0 N–H and O–H groups in total. The van der Waals surface area contributed by atoms with Gasteiger partial charge in [0.25, 0.3) is 0 Å². The van der Waals surface area contributed by atoms with E-state index in [1.54, 1.807) is 6.92 Å². The summed E-state index contributed by atoms with van der Waals surface area (Å²) in [7, 11) is 0. The van der Waals surface area contributed by atoms with Crippen LogP contribution < -0.4 is 0 Å². The third-order valence-electron chi connectivity index (χ3n) is 2.40. The summed E-state index contributed by atoms with van der Waals surface area (Å²) in [4.78, 5) is 16.5. The molecule has 1 saturated heterocycles. The molecule has 4 nitrogen and oxygen atoms in total. The van der Waals surface area contributed by atoms with Crippen LogP contribution in [0.1, 0.15) is 26.2 Å². The van der Waals surface area contributed by atoms with E-state index in [1.165, 1.54) is 5.06 Å². The highest BCUT2D eigenvalue weighted by Crippen LogP contribution is 2.35. The van der Waals surface area contributed by atoms with E-state index in [1.807, 2.05) is 0 Å². The van der Waals surface area contributed by atoms with Crippen molar-refractivity contribution in [1.82, 2.24) is 5.06 Å². The Labute approximate surface area is 71.4 Å². The van der Waals surface area contributed by atoms with Gasteiger partial charge in [-0.25, -0.2) is 4.79 Å². The molecule has 2 bridgehead atoms. The van der Waals surface area contributed by atoms with Gasteiger partial charge >= 0.3 is 6.09 Å². The van der Waals surface area contributed by atoms with Gasteiger partial charge < -0.3 is 4.74 Å². The molecule has 0 aromatic heterocycles. The second-order valence-electron chi connectivity index (χ2n) is 3.22. The smallest absolute Gasteiger partial charge is 0.434 e. The van der Waals surface area contributed by atoms with Crippen LogP contribution in [0.5, 0.6) is 0 Å². The molecule has 68 valence electrons. The van der Waals surface area contributed by atoms with Crippen LogP contribution in [0.3, 0.4) is 0 Å². The van der Waals surface area contributed by atoms with Crippen molar-refractivity contribution in [1.29, 1.82) is 0 Å². The van der Waals surface area contributed by atoms with E-state index in [9.17, 15) is 4.79 Å². The molecule has 2 atom stereocenters. The largest absolute Gasteiger partial charge is 0.448 e. The van der Waals surface area contributed by atoms with Crippen LogP contribution in [-0.4, -0.2) is 29.9 Å². The Bertz CT molecular complexity index is 195. The predicted molar refractivity (Wildman–Crippen MR) is 41.4 cm³/mol. The van der Waals surface area contributed by atoms with E-state index in [0.29, 0.717) is 6.61 Å². The molecule has 1 aliphatic heterocycles. The highest BCUT2D eigenvalue weighted by molar-refractivity contribution is 5.67. The lowest BCUT2D eigenvalue weighted by molar-refractivity contribution is -0.160. The number of fused-ring (bicyclic) bond motifs is 2. The third-order valence-corrected chi connectivity index (χ3v) is 2.40. The molecule has 0 aromatic carbocycles. The Kier molecular flexibility index (Phi) is 1.92. The van der Waals surface area contributed by atoms with Crippen LogP contribution in [0, 0.1) is 0 Å². The summed E-state index contributed by atoms with van der Waals surface area (Å²) in [5, 5.41) is 1.40. The van der Waals surface area contributed by atoms with Crippen molar-refractivity contribution in [3.8, 4) is 0 Å². The Hall–Kier alpha value is -0.770. The van der Waals surface area contributed by atoms with E-state index >= 15 is 0 Å². The first-order valence-electron chi connectivity index (χ1n) is 4.44. The van der Waals surface area contributed by atoms with Gasteiger partial charge in [0.1, 0.15) is 0 Å². The summed E-state index contributed by atoms with van der Waals surface area (Å²) in [6.07, 6.45) is 3.06. The second kappa shape index (κ2) is 2.94. The van der Waals surface area contributed by atoms with Gasteiger partial charge in [0.2, 0.25) is 0 Å². The Morgan fingerprint density at radius 3 is 3.00 bits per heavy atom. The monoisotopic (exact) mass is 171 g/mol. The minimum Gasteiger partial charge on any atom is -0.448 e. The van der Waals surface area contributed by atoms with Crippen LogP contribution in [0.25, 0.3) is 0 Å². The third kappa shape index (κ3) is 1.16. The summed E-state index contributed by atoms with van der Waals surface area (Å²) in [5.41, 5.74) is 0. The van der Waals surface area contributed by atoms with Crippen molar-refractivity contribution in [2.45, 2.75) is 38.3 Å². The molecule has 4 heteroatoms. The minimum atomic E-state index is -0.329. The zero-order valence-electron chi connectivity index (χ0n) is 7.16. The molecule has 0 aromatic rings. The lowest BCUT2D eigenvalue weighted by Gasteiger charge is -2.24. The second-order valence-corrected chi connectivity index (χ2v) is 3.22. The van der Waals surface area contributed by atoms with Crippen molar-refractivity contribution in [2.24, 2.45) is 0 Å².